The number of hydrogen-bond acceptors (Lipinski definition) is 3. The molecule has 2 rings (SSSR count). The molecular weight excluding hydrogens is 319 g/mol. The SMILES string of the molecule is O=C(NCC(O)c1cccs1)Nc1ccc(Cl)c(Cl)c1. The number of amides is 2. The van der Waals surface area contributed by atoms with E-state index < -0.39 is 12.1 Å². The molecule has 3 N–H and O–H groups in total. The van der Waals surface area contributed by atoms with E-state index in [0.717, 1.165) is 4.88 Å². The zero-order valence-electron chi connectivity index (χ0n) is 10.3. The van der Waals surface area contributed by atoms with Crippen LogP contribution in [0, 0.1) is 0 Å². The van der Waals surface area contributed by atoms with Crippen LogP contribution in [0.2, 0.25) is 10.0 Å². The molecule has 0 aliphatic heterocycles. The predicted octanol–water partition coefficient (Wildman–Crippen LogP) is 3.91. The van der Waals surface area contributed by atoms with Crippen LogP contribution >= 0.6 is 34.5 Å². The van der Waals surface area contributed by atoms with Gasteiger partial charge in [-0.05, 0) is 29.6 Å². The minimum atomic E-state index is -0.713. The lowest BCUT2D eigenvalue weighted by molar-refractivity contribution is 0.178. The van der Waals surface area contributed by atoms with E-state index in [1.54, 1.807) is 18.2 Å². The smallest absolute Gasteiger partial charge is 0.319 e. The Balaban J connectivity index is 1.85. The summed E-state index contributed by atoms with van der Waals surface area (Å²) in [7, 11) is 0. The Morgan fingerprint density at radius 3 is 2.75 bits per heavy atom. The van der Waals surface area contributed by atoms with Gasteiger partial charge in [0.25, 0.3) is 0 Å². The quantitative estimate of drug-likeness (QED) is 0.795. The average molecular weight is 331 g/mol. The van der Waals surface area contributed by atoms with E-state index in [-0.39, 0.29) is 6.54 Å². The van der Waals surface area contributed by atoms with Crippen LogP contribution in [0.5, 0.6) is 0 Å². The van der Waals surface area contributed by atoms with E-state index in [1.807, 2.05) is 17.5 Å². The zero-order chi connectivity index (χ0) is 14.5. The van der Waals surface area contributed by atoms with E-state index in [1.165, 1.54) is 11.3 Å². The molecule has 0 radical (unpaired) electrons. The van der Waals surface area contributed by atoms with Crippen molar-refractivity contribution in [1.82, 2.24) is 5.32 Å². The van der Waals surface area contributed by atoms with Crippen molar-refractivity contribution in [2.75, 3.05) is 11.9 Å². The minimum Gasteiger partial charge on any atom is -0.386 e. The molecule has 0 spiro atoms. The predicted molar refractivity (Wildman–Crippen MR) is 82.8 cm³/mol. The van der Waals surface area contributed by atoms with Gasteiger partial charge in [-0.3, -0.25) is 0 Å². The Morgan fingerprint density at radius 2 is 2.10 bits per heavy atom. The third-order valence-corrected chi connectivity index (χ3v) is 4.22. The molecule has 7 heteroatoms. The molecule has 0 bridgehead atoms. The monoisotopic (exact) mass is 330 g/mol. The van der Waals surface area contributed by atoms with Gasteiger partial charge < -0.3 is 15.7 Å². The van der Waals surface area contributed by atoms with Gasteiger partial charge in [0.1, 0.15) is 6.10 Å². The summed E-state index contributed by atoms with van der Waals surface area (Å²) < 4.78 is 0. The van der Waals surface area contributed by atoms with Crippen LogP contribution in [-0.4, -0.2) is 17.7 Å². The van der Waals surface area contributed by atoms with Crippen molar-refractivity contribution < 1.29 is 9.90 Å². The van der Waals surface area contributed by atoms with Gasteiger partial charge >= 0.3 is 6.03 Å². The summed E-state index contributed by atoms with van der Waals surface area (Å²) >= 11 is 13.1. The van der Waals surface area contributed by atoms with Crippen LogP contribution in [0.25, 0.3) is 0 Å². The number of benzene rings is 1. The van der Waals surface area contributed by atoms with Gasteiger partial charge in [0.15, 0.2) is 0 Å². The van der Waals surface area contributed by atoms with Crippen LogP contribution in [0.15, 0.2) is 35.7 Å². The normalized spacial score (nSPS) is 11.9. The van der Waals surface area contributed by atoms with Crippen molar-refractivity contribution in [3.05, 3.63) is 50.6 Å². The number of rotatable bonds is 4. The lowest BCUT2D eigenvalue weighted by Gasteiger charge is -2.11. The second-order valence-corrected chi connectivity index (χ2v) is 5.79. The molecule has 0 saturated carbocycles. The van der Waals surface area contributed by atoms with Crippen LogP contribution in [0.4, 0.5) is 10.5 Å². The number of urea groups is 1. The Morgan fingerprint density at radius 1 is 1.30 bits per heavy atom. The van der Waals surface area contributed by atoms with Gasteiger partial charge in [-0.25, -0.2) is 4.79 Å². The molecule has 0 fully saturated rings. The van der Waals surface area contributed by atoms with Crippen molar-refractivity contribution >= 4 is 46.3 Å². The fourth-order valence-electron chi connectivity index (χ4n) is 1.52. The highest BCUT2D eigenvalue weighted by Gasteiger charge is 2.10. The van der Waals surface area contributed by atoms with Gasteiger partial charge in [0.05, 0.1) is 16.6 Å². The molecule has 1 heterocycles. The van der Waals surface area contributed by atoms with Crippen molar-refractivity contribution in [3.8, 4) is 0 Å². The Labute approximate surface area is 130 Å². The van der Waals surface area contributed by atoms with Crippen LogP contribution in [0.1, 0.15) is 11.0 Å². The van der Waals surface area contributed by atoms with E-state index >= 15 is 0 Å². The maximum Gasteiger partial charge on any atom is 0.319 e. The summed E-state index contributed by atoms with van der Waals surface area (Å²) in [5.74, 6) is 0. The number of nitrogens with one attached hydrogen (secondary N) is 2. The standard InChI is InChI=1S/C13H12Cl2N2O2S/c14-9-4-3-8(6-10(9)15)17-13(19)16-7-11(18)12-2-1-5-20-12/h1-6,11,18H,7H2,(H2,16,17,19). The molecule has 2 aromatic rings. The number of thiophene rings is 1. The third-order valence-electron chi connectivity index (χ3n) is 2.51. The molecule has 1 aromatic carbocycles. The van der Waals surface area contributed by atoms with Gasteiger partial charge in [-0.1, -0.05) is 29.3 Å². The van der Waals surface area contributed by atoms with Gasteiger partial charge in [0, 0.05) is 10.6 Å². The Bertz CT molecular complexity index is 590. The summed E-state index contributed by atoms with van der Waals surface area (Å²) in [6, 6.07) is 8.04. The van der Waals surface area contributed by atoms with Gasteiger partial charge in [-0.2, -0.15) is 0 Å². The molecule has 2 amide bonds. The molecule has 20 heavy (non-hydrogen) atoms. The number of aliphatic hydroxyl groups is 1. The highest BCUT2D eigenvalue weighted by molar-refractivity contribution is 7.10. The molecular formula is C13H12Cl2N2O2S. The topological polar surface area (TPSA) is 61.4 Å². The lowest BCUT2D eigenvalue weighted by atomic mass is 10.3. The molecule has 0 aliphatic rings. The highest BCUT2D eigenvalue weighted by Crippen LogP contribution is 2.25. The Kier molecular flexibility index (Phi) is 5.25. The van der Waals surface area contributed by atoms with Crippen molar-refractivity contribution in [3.63, 3.8) is 0 Å². The number of halogens is 2. The molecule has 0 aliphatic carbocycles. The number of carbonyl (C=O) groups excluding carboxylic acids is 1. The Hall–Kier alpha value is -1.27. The van der Waals surface area contributed by atoms with Crippen molar-refractivity contribution in [2.45, 2.75) is 6.10 Å². The van der Waals surface area contributed by atoms with E-state index in [2.05, 4.69) is 10.6 Å². The summed E-state index contributed by atoms with van der Waals surface area (Å²) in [5.41, 5.74) is 0.530. The van der Waals surface area contributed by atoms with E-state index in [0.29, 0.717) is 15.7 Å². The first-order valence-electron chi connectivity index (χ1n) is 5.77. The highest BCUT2D eigenvalue weighted by atomic mass is 35.5. The van der Waals surface area contributed by atoms with E-state index in [9.17, 15) is 9.90 Å². The third kappa shape index (κ3) is 4.11. The maximum atomic E-state index is 11.7. The summed E-state index contributed by atoms with van der Waals surface area (Å²) in [4.78, 5) is 12.5. The van der Waals surface area contributed by atoms with E-state index in [4.69, 9.17) is 23.2 Å². The number of hydrogen-bond donors (Lipinski definition) is 3. The van der Waals surface area contributed by atoms with Gasteiger partial charge in [-0.15, -0.1) is 11.3 Å². The molecule has 1 aromatic heterocycles. The van der Waals surface area contributed by atoms with Gasteiger partial charge in [0.2, 0.25) is 0 Å². The molecule has 4 nitrogen and oxygen atoms in total. The number of aliphatic hydroxyl groups excluding tert-OH is 1. The maximum absolute atomic E-state index is 11.7. The number of anilines is 1. The molecule has 1 unspecified atom stereocenters. The second-order valence-electron chi connectivity index (χ2n) is 4.00. The number of carbonyl (C=O) groups is 1. The average Bonchev–Trinajstić information content (AvgIpc) is 2.94. The fraction of sp³-hybridized carbons (Fsp3) is 0.154. The first-order chi connectivity index (χ1) is 9.56. The lowest BCUT2D eigenvalue weighted by Crippen LogP contribution is -2.32. The van der Waals surface area contributed by atoms with Crippen molar-refractivity contribution in [1.29, 1.82) is 0 Å². The second kappa shape index (κ2) is 6.95. The zero-order valence-corrected chi connectivity index (χ0v) is 12.6. The summed E-state index contributed by atoms with van der Waals surface area (Å²) in [5, 5.41) is 17.7. The van der Waals surface area contributed by atoms with Crippen LogP contribution in [-0.2, 0) is 0 Å². The summed E-state index contributed by atoms with van der Waals surface area (Å²) in [6.07, 6.45) is -0.713. The fourth-order valence-corrected chi connectivity index (χ4v) is 2.53. The largest absolute Gasteiger partial charge is 0.386 e. The van der Waals surface area contributed by atoms with Crippen molar-refractivity contribution in [2.24, 2.45) is 0 Å². The minimum absolute atomic E-state index is 0.133. The molecule has 0 saturated heterocycles. The molecule has 1 atom stereocenters. The van der Waals surface area contributed by atoms with Crippen LogP contribution in [0.3, 0.4) is 0 Å². The first kappa shape index (κ1) is 15.1. The molecule has 106 valence electrons. The first-order valence-corrected chi connectivity index (χ1v) is 7.41. The van der Waals surface area contributed by atoms with Crippen LogP contribution < -0.4 is 10.6 Å². The summed E-state index contributed by atoms with van der Waals surface area (Å²) in [6.45, 7) is 0.133.